The normalized spacial score (nSPS) is 15.9. The number of nitrogens with one attached hydrogen (secondary N) is 1. The number of carbonyl (C=O) groups excluding carboxylic acids is 4. The summed E-state index contributed by atoms with van der Waals surface area (Å²) in [7, 11) is 0. The molecule has 150 valence electrons. The van der Waals surface area contributed by atoms with E-state index in [4.69, 9.17) is 16.3 Å². The summed E-state index contributed by atoms with van der Waals surface area (Å²) in [5.74, 6) is -2.10. The zero-order valence-electron chi connectivity index (χ0n) is 15.7. The first-order valence-electron chi connectivity index (χ1n) is 8.97. The largest absolute Gasteiger partial charge is 0.455 e. The molecule has 0 spiro atoms. The molecule has 1 N–H and O–H groups in total. The van der Waals surface area contributed by atoms with Gasteiger partial charge in [0.05, 0.1) is 16.6 Å². The molecule has 2 amide bonds. The van der Waals surface area contributed by atoms with Gasteiger partial charge in [-0.05, 0) is 43.3 Å². The summed E-state index contributed by atoms with van der Waals surface area (Å²) in [6.07, 6.45) is -0.00180. The zero-order chi connectivity index (χ0) is 21.0. The van der Waals surface area contributed by atoms with Gasteiger partial charge < -0.3 is 15.0 Å². The molecule has 0 unspecified atom stereocenters. The van der Waals surface area contributed by atoms with E-state index in [1.165, 1.54) is 11.8 Å². The third-order valence-corrected chi connectivity index (χ3v) is 4.84. The molecule has 1 aliphatic heterocycles. The monoisotopic (exact) mass is 414 g/mol. The molecular weight excluding hydrogens is 396 g/mol. The van der Waals surface area contributed by atoms with Crippen LogP contribution in [0.15, 0.2) is 48.5 Å². The second kappa shape index (κ2) is 8.87. The maximum absolute atomic E-state index is 12.3. The van der Waals surface area contributed by atoms with Crippen molar-refractivity contribution in [2.75, 3.05) is 23.4 Å². The molecule has 0 radical (unpaired) electrons. The van der Waals surface area contributed by atoms with Gasteiger partial charge in [0, 0.05) is 24.2 Å². The Kier molecular flexibility index (Phi) is 6.29. The number of carbonyl (C=O) groups is 4. The predicted molar refractivity (Wildman–Crippen MR) is 108 cm³/mol. The van der Waals surface area contributed by atoms with Crippen molar-refractivity contribution in [3.63, 3.8) is 0 Å². The lowest BCUT2D eigenvalue weighted by molar-refractivity contribution is -0.151. The summed E-state index contributed by atoms with van der Waals surface area (Å²) in [4.78, 5) is 49.2. The number of hydrogen-bond donors (Lipinski definition) is 1. The van der Waals surface area contributed by atoms with Gasteiger partial charge in [-0.3, -0.25) is 19.2 Å². The van der Waals surface area contributed by atoms with Crippen LogP contribution >= 0.6 is 11.6 Å². The fourth-order valence-corrected chi connectivity index (χ4v) is 3.25. The average Bonchev–Trinajstić information content (AvgIpc) is 3.08. The summed E-state index contributed by atoms with van der Waals surface area (Å²) in [6, 6.07) is 13.3. The maximum Gasteiger partial charge on any atom is 0.311 e. The Balaban J connectivity index is 1.51. The highest BCUT2D eigenvalue weighted by molar-refractivity contribution is 6.33. The molecule has 1 fully saturated rings. The minimum Gasteiger partial charge on any atom is -0.455 e. The smallest absolute Gasteiger partial charge is 0.311 e. The summed E-state index contributed by atoms with van der Waals surface area (Å²) >= 11 is 6.12. The van der Waals surface area contributed by atoms with E-state index in [0.717, 1.165) is 0 Å². The number of para-hydroxylation sites is 1. The molecule has 29 heavy (non-hydrogen) atoms. The highest BCUT2D eigenvalue weighted by Gasteiger charge is 2.37. The number of Topliss-reactive ketones (excluding diaryl/α,β-unsaturated/α-hetero) is 1. The first kappa shape index (κ1) is 20.5. The second-order valence-electron chi connectivity index (χ2n) is 6.65. The Morgan fingerprint density at radius 3 is 2.48 bits per heavy atom. The minimum absolute atomic E-state index is 0.00180. The fourth-order valence-electron chi connectivity index (χ4n) is 3.01. The van der Waals surface area contributed by atoms with Crippen molar-refractivity contribution < 1.29 is 23.9 Å². The first-order chi connectivity index (χ1) is 13.8. The predicted octanol–water partition coefficient (Wildman–Crippen LogP) is 3.08. The number of anilines is 2. The van der Waals surface area contributed by atoms with E-state index in [1.807, 2.05) is 0 Å². The highest BCUT2D eigenvalue weighted by Crippen LogP contribution is 2.31. The Hall–Kier alpha value is -3.19. The molecule has 8 heteroatoms. The molecule has 0 aliphatic carbocycles. The standard InChI is InChI=1S/C21H19ClN2O5/c1-13(25)14-6-8-16(9-7-14)23-19(26)12-29-21(28)15-10-20(27)24(11-15)18-5-3-2-4-17(18)22/h2-9,15H,10-12H2,1H3,(H,23,26)/t15-/m1/s1. The van der Waals surface area contributed by atoms with E-state index in [-0.39, 0.29) is 24.7 Å². The van der Waals surface area contributed by atoms with E-state index in [0.29, 0.717) is 22.0 Å². The Labute approximate surface area is 172 Å². The average molecular weight is 415 g/mol. The van der Waals surface area contributed by atoms with Gasteiger partial charge in [-0.1, -0.05) is 23.7 Å². The topological polar surface area (TPSA) is 92.8 Å². The number of amides is 2. The third-order valence-electron chi connectivity index (χ3n) is 4.52. The molecule has 1 atom stereocenters. The third kappa shape index (κ3) is 5.00. The van der Waals surface area contributed by atoms with Crippen LogP contribution in [0, 0.1) is 5.92 Å². The molecule has 1 heterocycles. The van der Waals surface area contributed by atoms with Gasteiger partial charge in [-0.25, -0.2) is 0 Å². The number of ketones is 1. The van der Waals surface area contributed by atoms with Crippen LogP contribution in [-0.4, -0.2) is 36.7 Å². The van der Waals surface area contributed by atoms with Crippen LogP contribution in [0.5, 0.6) is 0 Å². The Morgan fingerprint density at radius 2 is 1.83 bits per heavy atom. The van der Waals surface area contributed by atoms with Gasteiger partial charge in [0.25, 0.3) is 5.91 Å². The second-order valence-corrected chi connectivity index (χ2v) is 7.05. The molecule has 3 rings (SSSR count). The van der Waals surface area contributed by atoms with Crippen LogP contribution < -0.4 is 10.2 Å². The van der Waals surface area contributed by atoms with Crippen LogP contribution in [0.3, 0.4) is 0 Å². The van der Waals surface area contributed by atoms with E-state index >= 15 is 0 Å². The van der Waals surface area contributed by atoms with E-state index < -0.39 is 24.4 Å². The lowest BCUT2D eigenvalue weighted by Crippen LogP contribution is -2.28. The van der Waals surface area contributed by atoms with Gasteiger partial charge in [0.2, 0.25) is 5.91 Å². The summed E-state index contributed by atoms with van der Waals surface area (Å²) in [5.41, 5.74) is 1.56. The number of rotatable bonds is 6. The van der Waals surface area contributed by atoms with Crippen LogP contribution in [0.2, 0.25) is 5.02 Å². The number of hydrogen-bond acceptors (Lipinski definition) is 5. The quantitative estimate of drug-likeness (QED) is 0.579. The molecule has 0 aromatic heterocycles. The van der Waals surface area contributed by atoms with Gasteiger partial charge in [0.1, 0.15) is 0 Å². The van der Waals surface area contributed by atoms with Crippen LogP contribution in [0.25, 0.3) is 0 Å². The van der Waals surface area contributed by atoms with Crippen molar-refractivity contribution in [3.8, 4) is 0 Å². The SMILES string of the molecule is CC(=O)c1ccc(NC(=O)COC(=O)[C@@H]2CC(=O)N(c3ccccc3Cl)C2)cc1. The fraction of sp³-hybridized carbons (Fsp3) is 0.238. The van der Waals surface area contributed by atoms with Gasteiger partial charge >= 0.3 is 5.97 Å². The maximum atomic E-state index is 12.3. The van der Waals surface area contributed by atoms with Crippen LogP contribution in [0.4, 0.5) is 11.4 Å². The lowest BCUT2D eigenvalue weighted by atomic mass is 10.1. The molecule has 2 aromatic carbocycles. The summed E-state index contributed by atoms with van der Waals surface area (Å²) < 4.78 is 5.07. The molecule has 1 aliphatic rings. The lowest BCUT2D eigenvalue weighted by Gasteiger charge is -2.17. The number of esters is 1. The molecule has 0 bridgehead atoms. The zero-order valence-corrected chi connectivity index (χ0v) is 16.4. The van der Waals surface area contributed by atoms with Gasteiger partial charge in [-0.2, -0.15) is 0 Å². The molecular formula is C21H19ClN2O5. The van der Waals surface area contributed by atoms with Crippen molar-refractivity contribution in [2.24, 2.45) is 5.92 Å². The minimum atomic E-state index is -0.665. The van der Waals surface area contributed by atoms with Crippen molar-refractivity contribution in [2.45, 2.75) is 13.3 Å². The van der Waals surface area contributed by atoms with Gasteiger partial charge in [-0.15, -0.1) is 0 Å². The van der Waals surface area contributed by atoms with E-state index in [1.54, 1.807) is 48.5 Å². The van der Waals surface area contributed by atoms with E-state index in [2.05, 4.69) is 5.32 Å². The van der Waals surface area contributed by atoms with Crippen molar-refractivity contribution in [1.29, 1.82) is 0 Å². The summed E-state index contributed by atoms with van der Waals surface area (Å²) in [6.45, 7) is 1.13. The van der Waals surface area contributed by atoms with Crippen molar-refractivity contribution in [1.82, 2.24) is 0 Å². The number of ether oxygens (including phenoxy) is 1. The molecule has 7 nitrogen and oxygen atoms in total. The Bertz CT molecular complexity index is 958. The number of halogens is 1. The summed E-state index contributed by atoms with van der Waals surface area (Å²) in [5, 5.41) is 3.00. The first-order valence-corrected chi connectivity index (χ1v) is 9.35. The highest BCUT2D eigenvalue weighted by atomic mass is 35.5. The molecule has 1 saturated heterocycles. The molecule has 0 saturated carbocycles. The Morgan fingerprint density at radius 1 is 1.14 bits per heavy atom. The van der Waals surface area contributed by atoms with Crippen LogP contribution in [0.1, 0.15) is 23.7 Å². The number of nitrogens with zero attached hydrogens (tertiary/aromatic N) is 1. The van der Waals surface area contributed by atoms with Gasteiger partial charge in [0.15, 0.2) is 12.4 Å². The van der Waals surface area contributed by atoms with Crippen LogP contribution in [-0.2, 0) is 19.1 Å². The molecule has 2 aromatic rings. The van der Waals surface area contributed by atoms with Crippen molar-refractivity contribution in [3.05, 3.63) is 59.1 Å². The van der Waals surface area contributed by atoms with Crippen molar-refractivity contribution >= 4 is 46.5 Å². The number of benzene rings is 2. The van der Waals surface area contributed by atoms with E-state index in [9.17, 15) is 19.2 Å².